The maximum Gasteiger partial charge on any atom is 0.345 e. The molecule has 1 aliphatic rings. The Bertz CT molecular complexity index is 1510. The summed E-state index contributed by atoms with van der Waals surface area (Å²) in [5.41, 5.74) is 4.36. The second-order valence-electron chi connectivity index (χ2n) is 9.05. The number of nitrogens with zero attached hydrogens (tertiary/aromatic N) is 3. The molecule has 2 heterocycles. The van der Waals surface area contributed by atoms with E-state index in [-0.39, 0.29) is 11.7 Å². The Morgan fingerprint density at radius 1 is 0.946 bits per heavy atom. The van der Waals surface area contributed by atoms with Gasteiger partial charge in [0, 0.05) is 49.1 Å². The third-order valence-corrected chi connectivity index (χ3v) is 6.64. The fourth-order valence-electron chi connectivity index (χ4n) is 4.55. The van der Waals surface area contributed by atoms with Crippen LogP contribution in [0.2, 0.25) is 0 Å². The fourth-order valence-corrected chi connectivity index (χ4v) is 4.55. The lowest BCUT2D eigenvalue weighted by Gasteiger charge is -2.36. The Hall–Kier alpha value is -4.59. The standard InChI is InChI=1S/C29H28N4O4/c1-19-15-21(9-10-27(19)34)26-18-25(30-29(36)31-26)20-5-3-6-22(16-20)28(35)33-13-11-32(12-14-33)23-7-4-8-24(17-23)37-2/h3-10,15-18,34H,11-14H2,1-2H3,(H,30,31,36). The Morgan fingerprint density at radius 3 is 2.49 bits per heavy atom. The highest BCUT2D eigenvalue weighted by molar-refractivity contribution is 5.95. The summed E-state index contributed by atoms with van der Waals surface area (Å²) in [4.78, 5) is 36.7. The molecule has 188 valence electrons. The number of hydrogen-bond acceptors (Lipinski definition) is 6. The monoisotopic (exact) mass is 496 g/mol. The van der Waals surface area contributed by atoms with Gasteiger partial charge in [-0.2, -0.15) is 4.98 Å². The highest BCUT2D eigenvalue weighted by Gasteiger charge is 2.23. The number of nitrogens with one attached hydrogen (secondary N) is 1. The number of anilines is 1. The van der Waals surface area contributed by atoms with E-state index >= 15 is 0 Å². The van der Waals surface area contributed by atoms with Crippen molar-refractivity contribution < 1.29 is 14.6 Å². The zero-order valence-corrected chi connectivity index (χ0v) is 20.8. The molecule has 0 spiro atoms. The van der Waals surface area contributed by atoms with E-state index in [0.29, 0.717) is 35.6 Å². The number of benzene rings is 3. The molecular weight excluding hydrogens is 468 g/mol. The molecule has 1 aromatic heterocycles. The number of rotatable bonds is 5. The number of aryl methyl sites for hydroxylation is 1. The van der Waals surface area contributed by atoms with Gasteiger partial charge in [-0.15, -0.1) is 0 Å². The van der Waals surface area contributed by atoms with E-state index in [1.807, 2.05) is 41.3 Å². The van der Waals surface area contributed by atoms with E-state index in [9.17, 15) is 14.7 Å². The summed E-state index contributed by atoms with van der Waals surface area (Å²) in [6.45, 7) is 4.46. The predicted octanol–water partition coefficient (Wildman–Crippen LogP) is 4.09. The van der Waals surface area contributed by atoms with Gasteiger partial charge in [-0.25, -0.2) is 4.79 Å². The normalized spacial score (nSPS) is 13.5. The van der Waals surface area contributed by atoms with Crippen LogP contribution in [-0.2, 0) is 0 Å². The lowest BCUT2D eigenvalue weighted by Crippen LogP contribution is -2.48. The molecule has 1 saturated heterocycles. The molecule has 1 amide bonds. The number of aromatic amines is 1. The van der Waals surface area contributed by atoms with Crippen LogP contribution in [-0.4, -0.2) is 59.2 Å². The predicted molar refractivity (Wildman–Crippen MR) is 143 cm³/mol. The minimum atomic E-state index is -0.483. The number of aromatic hydroxyl groups is 1. The Kier molecular flexibility index (Phi) is 6.64. The number of aromatic nitrogens is 2. The Labute approximate surface area is 214 Å². The molecule has 2 N–H and O–H groups in total. The van der Waals surface area contributed by atoms with Gasteiger partial charge >= 0.3 is 5.69 Å². The van der Waals surface area contributed by atoms with E-state index < -0.39 is 5.69 Å². The lowest BCUT2D eigenvalue weighted by atomic mass is 10.0. The molecule has 8 nitrogen and oxygen atoms in total. The minimum Gasteiger partial charge on any atom is -0.508 e. The number of phenolic OH excluding ortho intramolecular Hbond substituents is 1. The molecule has 8 heteroatoms. The smallest absolute Gasteiger partial charge is 0.345 e. The Morgan fingerprint density at radius 2 is 1.73 bits per heavy atom. The summed E-state index contributed by atoms with van der Waals surface area (Å²) in [7, 11) is 1.65. The van der Waals surface area contributed by atoms with Gasteiger partial charge < -0.3 is 24.6 Å². The Balaban J connectivity index is 1.34. The molecule has 37 heavy (non-hydrogen) atoms. The lowest BCUT2D eigenvalue weighted by molar-refractivity contribution is 0.0747. The first-order valence-electron chi connectivity index (χ1n) is 12.1. The second-order valence-corrected chi connectivity index (χ2v) is 9.05. The molecule has 3 aromatic carbocycles. The summed E-state index contributed by atoms with van der Waals surface area (Å²) >= 11 is 0. The van der Waals surface area contributed by atoms with Gasteiger partial charge in [0.05, 0.1) is 18.5 Å². The van der Waals surface area contributed by atoms with Gasteiger partial charge in [0.1, 0.15) is 11.5 Å². The number of carbonyl (C=O) groups excluding carboxylic acids is 1. The number of ether oxygens (including phenoxy) is 1. The minimum absolute atomic E-state index is 0.0436. The van der Waals surface area contributed by atoms with Crippen molar-refractivity contribution in [3.05, 3.63) is 94.4 Å². The first-order valence-corrected chi connectivity index (χ1v) is 12.1. The number of piperazine rings is 1. The number of carbonyl (C=O) groups is 1. The zero-order valence-electron chi connectivity index (χ0n) is 20.8. The molecule has 4 aromatic rings. The van der Waals surface area contributed by atoms with E-state index in [0.717, 1.165) is 35.7 Å². The molecule has 0 radical (unpaired) electrons. The van der Waals surface area contributed by atoms with Crippen molar-refractivity contribution in [2.75, 3.05) is 38.2 Å². The summed E-state index contributed by atoms with van der Waals surface area (Å²) in [5.74, 6) is 0.952. The van der Waals surface area contributed by atoms with E-state index in [1.54, 1.807) is 50.4 Å². The number of methoxy groups -OCH3 is 1. The number of phenols is 1. The summed E-state index contributed by atoms with van der Waals surface area (Å²) in [6, 6.07) is 22.1. The van der Waals surface area contributed by atoms with Crippen LogP contribution in [0.4, 0.5) is 5.69 Å². The maximum absolute atomic E-state index is 13.3. The van der Waals surface area contributed by atoms with Crippen molar-refractivity contribution in [1.29, 1.82) is 0 Å². The van der Waals surface area contributed by atoms with Gasteiger partial charge in [0.25, 0.3) is 5.91 Å². The van der Waals surface area contributed by atoms with Gasteiger partial charge in [-0.1, -0.05) is 18.2 Å². The van der Waals surface area contributed by atoms with E-state index in [1.165, 1.54) is 0 Å². The average Bonchev–Trinajstić information content (AvgIpc) is 2.94. The quantitative estimate of drug-likeness (QED) is 0.432. The van der Waals surface area contributed by atoms with Crippen molar-refractivity contribution >= 4 is 11.6 Å². The molecule has 0 saturated carbocycles. The first-order chi connectivity index (χ1) is 17.9. The van der Waals surface area contributed by atoms with Crippen LogP contribution in [0.15, 0.2) is 77.6 Å². The van der Waals surface area contributed by atoms with Crippen molar-refractivity contribution in [2.45, 2.75) is 6.92 Å². The molecule has 1 aliphatic heterocycles. The van der Waals surface area contributed by atoms with Crippen LogP contribution in [0.1, 0.15) is 15.9 Å². The number of hydrogen-bond donors (Lipinski definition) is 2. The molecule has 0 unspecified atom stereocenters. The van der Waals surface area contributed by atoms with Gasteiger partial charge in [0.2, 0.25) is 0 Å². The van der Waals surface area contributed by atoms with Crippen LogP contribution in [0, 0.1) is 6.92 Å². The first kappa shape index (κ1) is 24.1. The average molecular weight is 497 g/mol. The molecular formula is C29H28N4O4. The van der Waals surface area contributed by atoms with Gasteiger partial charge in [0.15, 0.2) is 0 Å². The van der Waals surface area contributed by atoms with Crippen LogP contribution < -0.4 is 15.3 Å². The van der Waals surface area contributed by atoms with Gasteiger partial charge in [-0.3, -0.25) is 4.79 Å². The summed E-state index contributed by atoms with van der Waals surface area (Å²) < 4.78 is 5.33. The molecule has 0 atom stereocenters. The van der Waals surface area contributed by atoms with Gasteiger partial charge in [-0.05, 0) is 66.6 Å². The molecule has 1 fully saturated rings. The molecule has 0 aliphatic carbocycles. The number of amides is 1. The largest absolute Gasteiger partial charge is 0.508 e. The maximum atomic E-state index is 13.3. The molecule has 0 bridgehead atoms. The van der Waals surface area contributed by atoms with Crippen molar-refractivity contribution in [1.82, 2.24) is 14.9 Å². The van der Waals surface area contributed by atoms with Crippen LogP contribution in [0.25, 0.3) is 22.5 Å². The van der Waals surface area contributed by atoms with Crippen LogP contribution in [0.5, 0.6) is 11.5 Å². The van der Waals surface area contributed by atoms with Crippen LogP contribution >= 0.6 is 0 Å². The van der Waals surface area contributed by atoms with Crippen molar-refractivity contribution in [3.8, 4) is 34.0 Å². The van der Waals surface area contributed by atoms with E-state index in [4.69, 9.17) is 4.74 Å². The zero-order chi connectivity index (χ0) is 25.9. The van der Waals surface area contributed by atoms with Crippen molar-refractivity contribution in [3.63, 3.8) is 0 Å². The summed E-state index contributed by atoms with van der Waals surface area (Å²) in [6.07, 6.45) is 0. The highest BCUT2D eigenvalue weighted by atomic mass is 16.5. The number of H-pyrrole nitrogens is 1. The highest BCUT2D eigenvalue weighted by Crippen LogP contribution is 2.27. The van der Waals surface area contributed by atoms with Crippen LogP contribution in [0.3, 0.4) is 0 Å². The topological polar surface area (TPSA) is 98.8 Å². The SMILES string of the molecule is COc1cccc(N2CCN(C(=O)c3cccc(-c4cc(-c5ccc(O)c(C)c5)nc(=O)[nH]4)c3)CC2)c1. The van der Waals surface area contributed by atoms with Crippen molar-refractivity contribution in [2.24, 2.45) is 0 Å². The second kappa shape index (κ2) is 10.2. The molecule has 5 rings (SSSR count). The third kappa shape index (κ3) is 5.18. The summed E-state index contributed by atoms with van der Waals surface area (Å²) in [5, 5.41) is 9.83. The van der Waals surface area contributed by atoms with E-state index in [2.05, 4.69) is 14.9 Å². The third-order valence-electron chi connectivity index (χ3n) is 6.64. The fraction of sp³-hybridized carbons (Fsp3) is 0.207.